The second kappa shape index (κ2) is 12.9. The molecule has 1 aliphatic heterocycles. The number of alkyl halides is 3. The third kappa shape index (κ3) is 6.84. The maximum atomic E-state index is 13.8. The minimum absolute atomic E-state index is 0.0910. The minimum Gasteiger partial charge on any atom is -0.457 e. The van der Waals surface area contributed by atoms with Crippen LogP contribution in [0.25, 0.3) is 5.69 Å². The summed E-state index contributed by atoms with van der Waals surface area (Å²) in [6.07, 6.45) is -0.470. The van der Waals surface area contributed by atoms with Gasteiger partial charge in [-0.05, 0) is 60.9 Å². The van der Waals surface area contributed by atoms with Gasteiger partial charge in [0.15, 0.2) is 5.16 Å². The number of hydrogen-bond donors (Lipinski definition) is 1. The molecule has 3 aromatic carbocycles. The number of halogens is 3. The van der Waals surface area contributed by atoms with Crippen molar-refractivity contribution in [2.75, 3.05) is 13.1 Å². The van der Waals surface area contributed by atoms with Crippen LogP contribution in [0.4, 0.5) is 13.2 Å². The van der Waals surface area contributed by atoms with Gasteiger partial charge in [-0.3, -0.25) is 14.2 Å². The van der Waals surface area contributed by atoms with Crippen molar-refractivity contribution in [3.8, 4) is 17.2 Å². The van der Waals surface area contributed by atoms with E-state index < -0.39 is 11.7 Å². The highest BCUT2D eigenvalue weighted by molar-refractivity contribution is 7.99. The Kier molecular flexibility index (Phi) is 8.76. The molecule has 228 valence electrons. The van der Waals surface area contributed by atoms with Gasteiger partial charge in [0.25, 0.3) is 5.56 Å². The predicted octanol–water partition coefficient (Wildman–Crippen LogP) is 6.36. The van der Waals surface area contributed by atoms with Crippen LogP contribution >= 0.6 is 11.8 Å². The van der Waals surface area contributed by atoms with Crippen molar-refractivity contribution in [2.45, 2.75) is 55.4 Å². The molecule has 1 amide bonds. The molecule has 11 heteroatoms. The average molecular weight is 621 g/mol. The van der Waals surface area contributed by atoms with Crippen molar-refractivity contribution >= 4 is 17.7 Å². The van der Waals surface area contributed by atoms with Crippen molar-refractivity contribution in [2.24, 2.45) is 0 Å². The molecular formula is C33H31F3N4O3S. The fourth-order valence-electron chi connectivity index (χ4n) is 5.16. The van der Waals surface area contributed by atoms with Crippen molar-refractivity contribution in [1.82, 2.24) is 19.8 Å². The third-order valence-electron chi connectivity index (χ3n) is 7.82. The summed E-state index contributed by atoms with van der Waals surface area (Å²) in [6.45, 7) is 1.20. The third-order valence-corrected chi connectivity index (χ3v) is 9.11. The molecule has 0 spiro atoms. The van der Waals surface area contributed by atoms with Crippen molar-refractivity contribution in [1.29, 1.82) is 0 Å². The molecule has 0 bridgehead atoms. The second-order valence-electron chi connectivity index (χ2n) is 10.9. The molecule has 0 saturated heterocycles. The Balaban J connectivity index is 1.07. The Hall–Kier alpha value is -4.09. The van der Waals surface area contributed by atoms with Gasteiger partial charge in [0.2, 0.25) is 5.91 Å². The van der Waals surface area contributed by atoms with Crippen molar-refractivity contribution in [3.63, 3.8) is 0 Å². The van der Waals surface area contributed by atoms with Crippen LogP contribution in [-0.4, -0.2) is 38.7 Å². The van der Waals surface area contributed by atoms with Crippen LogP contribution in [0.3, 0.4) is 0 Å². The molecule has 1 fully saturated rings. The van der Waals surface area contributed by atoms with Gasteiger partial charge in [-0.2, -0.15) is 13.2 Å². The number of carbonyl (C=O) groups is 1. The number of carbonyl (C=O) groups excluding carboxylic acids is 1. The van der Waals surface area contributed by atoms with Gasteiger partial charge in [-0.1, -0.05) is 54.6 Å². The number of fused-ring (bicyclic) bond motifs is 1. The van der Waals surface area contributed by atoms with E-state index in [1.807, 2.05) is 30.3 Å². The first-order chi connectivity index (χ1) is 21.2. The van der Waals surface area contributed by atoms with E-state index in [1.54, 1.807) is 45.5 Å². The number of thioether (sulfide) groups is 1. The Morgan fingerprint density at radius 3 is 2.48 bits per heavy atom. The summed E-state index contributed by atoms with van der Waals surface area (Å²) in [5, 5.41) is 4.35. The molecule has 1 saturated carbocycles. The van der Waals surface area contributed by atoms with Crippen molar-refractivity contribution < 1.29 is 22.7 Å². The smallest absolute Gasteiger partial charge is 0.416 e. The lowest BCUT2D eigenvalue weighted by atomic mass is 10.0. The number of hydrogen-bond acceptors (Lipinski definition) is 6. The molecule has 1 N–H and O–H groups in total. The topological polar surface area (TPSA) is 76.5 Å². The van der Waals surface area contributed by atoms with Gasteiger partial charge in [0.05, 0.1) is 35.6 Å². The molecule has 1 aliphatic carbocycles. The molecule has 1 aromatic heterocycles. The van der Waals surface area contributed by atoms with Gasteiger partial charge in [-0.15, -0.1) is 0 Å². The fraction of sp³-hybridized carbons (Fsp3) is 0.303. The average Bonchev–Trinajstić information content (AvgIpc) is 3.00. The summed E-state index contributed by atoms with van der Waals surface area (Å²) in [5.41, 5.74) is 2.08. The van der Waals surface area contributed by atoms with Crippen LogP contribution in [0.2, 0.25) is 0 Å². The number of amides is 1. The first kappa shape index (κ1) is 30.0. The highest BCUT2D eigenvalue weighted by Gasteiger charge is 2.31. The number of para-hydroxylation sites is 1. The Morgan fingerprint density at radius 1 is 1.00 bits per heavy atom. The molecule has 0 atom stereocenters. The number of rotatable bonds is 9. The van der Waals surface area contributed by atoms with E-state index in [0.717, 1.165) is 47.1 Å². The minimum atomic E-state index is -4.44. The monoisotopic (exact) mass is 620 g/mol. The maximum absolute atomic E-state index is 13.8. The van der Waals surface area contributed by atoms with Gasteiger partial charge >= 0.3 is 6.18 Å². The molecule has 0 radical (unpaired) electrons. The zero-order valence-electron chi connectivity index (χ0n) is 23.8. The van der Waals surface area contributed by atoms with E-state index in [9.17, 15) is 22.8 Å². The molecule has 7 nitrogen and oxygen atoms in total. The van der Waals surface area contributed by atoms with E-state index in [-0.39, 0.29) is 30.3 Å². The molecule has 2 heterocycles. The van der Waals surface area contributed by atoms with E-state index >= 15 is 0 Å². The summed E-state index contributed by atoms with van der Waals surface area (Å²) in [7, 11) is 0. The summed E-state index contributed by atoms with van der Waals surface area (Å²) in [5.74, 6) is 0.386. The van der Waals surface area contributed by atoms with Crippen LogP contribution in [0.5, 0.6) is 11.5 Å². The Labute approximate surface area is 257 Å². The maximum Gasteiger partial charge on any atom is 0.416 e. The highest BCUT2D eigenvalue weighted by Crippen LogP contribution is 2.36. The van der Waals surface area contributed by atoms with Gasteiger partial charge in [-0.25, -0.2) is 4.98 Å². The molecule has 0 unspecified atom stereocenters. The zero-order chi connectivity index (χ0) is 30.7. The SMILES string of the molecule is O=C(CNCc1ccc(Oc2cccc(C(F)(F)F)c2)cc1)N1CCc2nc(SC3CCC3)n(-c3ccccc3)c(=O)c2C1. The number of nitrogens with one attached hydrogen (secondary N) is 1. The normalized spacial score (nSPS) is 15.0. The fourth-order valence-corrected chi connectivity index (χ4v) is 6.49. The molecular weight excluding hydrogens is 589 g/mol. The number of nitrogens with zero attached hydrogens (tertiary/aromatic N) is 3. The predicted molar refractivity (Wildman–Crippen MR) is 162 cm³/mol. The number of aromatic nitrogens is 2. The lowest BCUT2D eigenvalue weighted by Gasteiger charge is -2.30. The zero-order valence-corrected chi connectivity index (χ0v) is 24.7. The first-order valence-corrected chi connectivity index (χ1v) is 15.4. The summed E-state index contributed by atoms with van der Waals surface area (Å²) >= 11 is 1.67. The van der Waals surface area contributed by atoms with Gasteiger partial charge < -0.3 is 15.0 Å². The van der Waals surface area contributed by atoms with Crippen LogP contribution in [0.15, 0.2) is 88.8 Å². The quantitative estimate of drug-likeness (QED) is 0.220. The lowest BCUT2D eigenvalue weighted by molar-refractivity contribution is -0.137. The molecule has 6 rings (SSSR count). The van der Waals surface area contributed by atoms with E-state index in [0.29, 0.717) is 36.1 Å². The highest BCUT2D eigenvalue weighted by atomic mass is 32.2. The van der Waals surface area contributed by atoms with E-state index in [2.05, 4.69) is 5.32 Å². The summed E-state index contributed by atoms with van der Waals surface area (Å²) in [6, 6.07) is 21.2. The van der Waals surface area contributed by atoms with Crippen LogP contribution in [-0.2, 0) is 30.5 Å². The largest absolute Gasteiger partial charge is 0.457 e. The van der Waals surface area contributed by atoms with Gasteiger partial charge in [0, 0.05) is 24.8 Å². The molecule has 2 aliphatic rings. The number of benzene rings is 3. The standard InChI is InChI=1S/C33H31F3N4O3S/c34-33(35,36)23-6-4-9-26(18-23)43-25-14-12-22(13-15-25)19-37-20-30(41)39-17-16-29-28(21-39)31(42)40(24-7-2-1-3-8-24)32(38-29)44-27-10-5-11-27/h1-4,6-9,12-15,18,27,37H,5,10-11,16-17,19-21H2. The van der Waals surface area contributed by atoms with Crippen LogP contribution in [0, 0.1) is 0 Å². The summed E-state index contributed by atoms with van der Waals surface area (Å²) < 4.78 is 46.2. The van der Waals surface area contributed by atoms with Crippen LogP contribution < -0.4 is 15.6 Å². The Bertz CT molecular complexity index is 1690. The van der Waals surface area contributed by atoms with Gasteiger partial charge in [0.1, 0.15) is 11.5 Å². The van der Waals surface area contributed by atoms with Crippen molar-refractivity contribution in [3.05, 3.63) is 112 Å². The van der Waals surface area contributed by atoms with Crippen LogP contribution in [0.1, 0.15) is 41.6 Å². The number of ether oxygens (including phenoxy) is 1. The van der Waals surface area contributed by atoms with E-state index in [4.69, 9.17) is 9.72 Å². The second-order valence-corrected chi connectivity index (χ2v) is 12.2. The molecule has 44 heavy (non-hydrogen) atoms. The summed E-state index contributed by atoms with van der Waals surface area (Å²) in [4.78, 5) is 33.5. The molecule has 4 aromatic rings. The Morgan fingerprint density at radius 2 is 1.77 bits per heavy atom. The van der Waals surface area contributed by atoms with E-state index in [1.165, 1.54) is 18.6 Å². The first-order valence-electron chi connectivity index (χ1n) is 14.5. The lowest BCUT2D eigenvalue weighted by Crippen LogP contribution is -2.44.